The molecule has 2 atom stereocenters. The quantitative estimate of drug-likeness (QED) is 0.231. The molecule has 4 aromatic rings. The standard InChI is InChI=1S/C30H24ClF4N5O6/c1-28(26(36)42)12-44-24-17(28)9-21(38-23(24)13-2-5-19-20(8-13)46-30(34,35)45-19)29(43,16-3-4-16)11-37-25(41)14-6-15-10-40(27(32)33)39-22(15)18(31)7-14/h2,5-10,16,27,43H,3-4,11-12H2,1H3,(H2,36,42)(H,37,41)/t28-,29?/m0/s1. The molecular formula is C30H24ClF4N5O6. The van der Waals surface area contributed by atoms with E-state index in [9.17, 15) is 32.3 Å². The summed E-state index contributed by atoms with van der Waals surface area (Å²) >= 11 is 6.24. The molecule has 11 nitrogen and oxygen atoms in total. The van der Waals surface area contributed by atoms with Crippen LogP contribution in [0.15, 0.2) is 42.6 Å². The van der Waals surface area contributed by atoms with E-state index in [1.54, 1.807) is 6.92 Å². The lowest BCUT2D eigenvalue weighted by Crippen LogP contribution is -2.44. The first-order chi connectivity index (χ1) is 21.7. The summed E-state index contributed by atoms with van der Waals surface area (Å²) in [7, 11) is 0. The van der Waals surface area contributed by atoms with Gasteiger partial charge in [-0.3, -0.25) is 9.59 Å². The van der Waals surface area contributed by atoms with Crippen LogP contribution in [0.2, 0.25) is 5.02 Å². The second kappa shape index (κ2) is 10.2. The second-order valence-electron chi connectivity index (χ2n) is 11.7. The molecule has 0 bridgehead atoms. The Bertz CT molecular complexity index is 1950. The van der Waals surface area contributed by atoms with Gasteiger partial charge in [0, 0.05) is 28.3 Å². The minimum Gasteiger partial charge on any atom is -0.489 e. The Labute approximate surface area is 262 Å². The molecule has 16 heteroatoms. The molecule has 46 heavy (non-hydrogen) atoms. The van der Waals surface area contributed by atoms with E-state index >= 15 is 0 Å². The fourth-order valence-electron chi connectivity index (χ4n) is 5.77. The zero-order valence-electron chi connectivity index (χ0n) is 23.8. The van der Waals surface area contributed by atoms with Crippen LogP contribution in [0, 0.1) is 5.92 Å². The van der Waals surface area contributed by atoms with Crippen molar-refractivity contribution in [1.82, 2.24) is 20.1 Å². The summed E-state index contributed by atoms with van der Waals surface area (Å²) in [4.78, 5) is 30.6. The molecule has 1 aliphatic carbocycles. The van der Waals surface area contributed by atoms with Crippen LogP contribution in [0.3, 0.4) is 0 Å². The lowest BCUT2D eigenvalue weighted by molar-refractivity contribution is -0.286. The first-order valence-electron chi connectivity index (χ1n) is 14.0. The number of ether oxygens (including phenoxy) is 3. The highest BCUT2D eigenvalue weighted by molar-refractivity contribution is 6.35. The maximum Gasteiger partial charge on any atom is 0.586 e. The summed E-state index contributed by atoms with van der Waals surface area (Å²) in [5, 5.41) is 18.8. The van der Waals surface area contributed by atoms with E-state index in [-0.39, 0.29) is 74.8 Å². The van der Waals surface area contributed by atoms with Crippen LogP contribution in [0.25, 0.3) is 22.2 Å². The average molecular weight is 662 g/mol. The molecule has 1 unspecified atom stereocenters. The normalized spacial score (nSPS) is 20.8. The van der Waals surface area contributed by atoms with Crippen molar-refractivity contribution in [1.29, 1.82) is 0 Å². The lowest BCUT2D eigenvalue weighted by atomic mass is 9.81. The van der Waals surface area contributed by atoms with Gasteiger partial charge in [-0.15, -0.1) is 8.78 Å². The molecule has 7 rings (SSSR count). The minimum absolute atomic E-state index is 0.0170. The highest BCUT2D eigenvalue weighted by Crippen LogP contribution is 2.51. The van der Waals surface area contributed by atoms with Crippen LogP contribution < -0.4 is 25.3 Å². The topological polar surface area (TPSA) is 151 Å². The van der Waals surface area contributed by atoms with E-state index in [0.717, 1.165) is 6.20 Å². The number of nitrogens with one attached hydrogen (secondary N) is 1. The van der Waals surface area contributed by atoms with E-state index in [1.807, 2.05) is 0 Å². The van der Waals surface area contributed by atoms with Gasteiger partial charge in [-0.1, -0.05) is 11.6 Å². The molecule has 4 heterocycles. The molecule has 2 aliphatic heterocycles. The van der Waals surface area contributed by atoms with Crippen molar-refractivity contribution in [3.05, 3.63) is 64.4 Å². The van der Waals surface area contributed by atoms with Crippen LogP contribution >= 0.6 is 11.6 Å². The maximum atomic E-state index is 13.8. The van der Waals surface area contributed by atoms with Gasteiger partial charge in [0.05, 0.1) is 17.3 Å². The number of primary amides is 1. The average Bonchev–Trinajstić information content (AvgIpc) is 3.56. The molecule has 0 radical (unpaired) electrons. The number of carbonyl (C=O) groups is 2. The van der Waals surface area contributed by atoms with Gasteiger partial charge in [0.2, 0.25) is 5.91 Å². The summed E-state index contributed by atoms with van der Waals surface area (Å²) in [6.07, 6.45) is -1.61. The van der Waals surface area contributed by atoms with E-state index in [1.165, 1.54) is 36.4 Å². The number of carbonyl (C=O) groups excluding carboxylic acids is 2. The number of nitrogens with zero attached hydrogens (tertiary/aromatic N) is 3. The molecule has 1 fully saturated rings. The summed E-state index contributed by atoms with van der Waals surface area (Å²) in [5.74, 6) is -1.98. The van der Waals surface area contributed by atoms with Crippen LogP contribution in [-0.4, -0.2) is 51.1 Å². The third-order valence-corrected chi connectivity index (χ3v) is 8.84. The summed E-state index contributed by atoms with van der Waals surface area (Å²) < 4.78 is 69.3. The summed E-state index contributed by atoms with van der Waals surface area (Å²) in [6.45, 7) is -1.81. The number of rotatable bonds is 8. The number of hydrogen-bond donors (Lipinski definition) is 3. The van der Waals surface area contributed by atoms with E-state index in [2.05, 4.69) is 19.9 Å². The van der Waals surface area contributed by atoms with Gasteiger partial charge in [0.1, 0.15) is 34.6 Å². The lowest BCUT2D eigenvalue weighted by Gasteiger charge is -2.30. The Balaban J connectivity index is 1.26. The van der Waals surface area contributed by atoms with Crippen molar-refractivity contribution < 1.29 is 46.5 Å². The SMILES string of the molecule is C[C@]1(C(N)=O)COc2c1cc(C(O)(CNC(=O)c1cc(Cl)c3nn(C(F)F)cc3c1)C1CC1)nc2-c1ccc2c(c1)OC(F)(F)O2. The Morgan fingerprint density at radius 1 is 1.20 bits per heavy atom. The number of aliphatic hydroxyl groups is 1. The van der Waals surface area contributed by atoms with Crippen molar-refractivity contribution in [3.63, 3.8) is 0 Å². The Kier molecular flexibility index (Phi) is 6.65. The molecule has 2 aromatic carbocycles. The maximum absolute atomic E-state index is 13.8. The first-order valence-corrected chi connectivity index (χ1v) is 14.4. The zero-order valence-corrected chi connectivity index (χ0v) is 24.6. The van der Waals surface area contributed by atoms with Gasteiger partial charge in [-0.25, -0.2) is 9.67 Å². The third-order valence-electron chi connectivity index (χ3n) is 8.55. The Morgan fingerprint density at radius 3 is 2.63 bits per heavy atom. The smallest absolute Gasteiger partial charge is 0.489 e. The molecule has 1 saturated carbocycles. The first kappa shape index (κ1) is 30.0. The summed E-state index contributed by atoms with van der Waals surface area (Å²) in [5.41, 5.74) is 3.60. The van der Waals surface area contributed by atoms with Gasteiger partial charge in [-0.2, -0.15) is 13.9 Å². The largest absolute Gasteiger partial charge is 0.586 e. The minimum atomic E-state index is -3.86. The van der Waals surface area contributed by atoms with E-state index in [4.69, 9.17) is 27.1 Å². The fraction of sp³-hybridized carbons (Fsp3) is 0.333. The van der Waals surface area contributed by atoms with Gasteiger partial charge in [0.25, 0.3) is 5.91 Å². The molecule has 3 aliphatic rings. The molecule has 4 N–H and O–H groups in total. The number of aromatic nitrogens is 3. The van der Waals surface area contributed by atoms with Crippen LogP contribution in [0.5, 0.6) is 17.2 Å². The van der Waals surface area contributed by atoms with Gasteiger partial charge in [0.15, 0.2) is 11.5 Å². The molecule has 0 spiro atoms. The van der Waals surface area contributed by atoms with Crippen molar-refractivity contribution >= 4 is 34.3 Å². The number of amides is 2. The predicted molar refractivity (Wildman–Crippen MR) is 153 cm³/mol. The zero-order chi connectivity index (χ0) is 32.8. The molecule has 0 saturated heterocycles. The Hall–Kier alpha value is -4.63. The highest BCUT2D eigenvalue weighted by atomic mass is 35.5. The Morgan fingerprint density at radius 2 is 1.93 bits per heavy atom. The van der Waals surface area contributed by atoms with Gasteiger partial charge < -0.3 is 30.4 Å². The third kappa shape index (κ3) is 4.85. The molecule has 2 aromatic heterocycles. The van der Waals surface area contributed by atoms with Crippen LogP contribution in [-0.2, 0) is 15.8 Å². The van der Waals surface area contributed by atoms with Crippen LogP contribution in [0.4, 0.5) is 17.6 Å². The molecular weight excluding hydrogens is 638 g/mol. The molecule has 240 valence electrons. The van der Waals surface area contributed by atoms with Crippen molar-refractivity contribution in [2.75, 3.05) is 13.2 Å². The summed E-state index contributed by atoms with van der Waals surface area (Å²) in [6, 6.07) is 8.14. The number of pyridine rings is 1. The fourth-order valence-corrected chi connectivity index (χ4v) is 6.03. The van der Waals surface area contributed by atoms with E-state index in [0.29, 0.717) is 23.1 Å². The number of halogens is 5. The predicted octanol–water partition coefficient (Wildman–Crippen LogP) is 4.63. The van der Waals surface area contributed by atoms with Gasteiger partial charge in [-0.05, 0) is 62.1 Å². The molecule has 2 amide bonds. The number of benzene rings is 2. The number of alkyl halides is 4. The van der Waals surface area contributed by atoms with Crippen molar-refractivity contribution in [2.45, 2.75) is 43.6 Å². The van der Waals surface area contributed by atoms with Crippen LogP contribution in [0.1, 0.15) is 47.9 Å². The van der Waals surface area contributed by atoms with Gasteiger partial charge >= 0.3 is 12.8 Å². The second-order valence-corrected chi connectivity index (χ2v) is 12.1. The number of hydrogen-bond acceptors (Lipinski definition) is 8. The van der Waals surface area contributed by atoms with E-state index < -0.39 is 35.7 Å². The van der Waals surface area contributed by atoms with Crippen molar-refractivity contribution in [3.8, 4) is 28.5 Å². The van der Waals surface area contributed by atoms with Crippen molar-refractivity contribution in [2.24, 2.45) is 11.7 Å². The highest BCUT2D eigenvalue weighted by Gasteiger charge is 2.50. The number of nitrogens with two attached hydrogens (primary N) is 1. The monoisotopic (exact) mass is 661 g/mol. The number of fused-ring (bicyclic) bond motifs is 3.